The molecule has 0 unspecified atom stereocenters. The molecule has 2 atom stereocenters. The average Bonchev–Trinajstić information content (AvgIpc) is 2.69. The number of amidine groups is 2. The minimum absolute atomic E-state index is 0.227. The van der Waals surface area contributed by atoms with E-state index in [9.17, 15) is 0 Å². The first-order valence-electron chi connectivity index (χ1n) is 11.1. The topological polar surface area (TPSA) is 48.8 Å². The Bertz CT molecular complexity index is 824. The zero-order valence-electron chi connectivity index (χ0n) is 19.3. The Balaban J connectivity index is 1.75. The third-order valence-electron chi connectivity index (χ3n) is 5.99. The number of nitrogens with zero attached hydrogens (tertiary/aromatic N) is 2. The van der Waals surface area contributed by atoms with E-state index >= 15 is 0 Å². The van der Waals surface area contributed by atoms with Gasteiger partial charge in [-0.15, -0.1) is 0 Å². The molecule has 0 aromatic heterocycles. The van der Waals surface area contributed by atoms with Crippen molar-refractivity contribution < 1.29 is 0 Å². The van der Waals surface area contributed by atoms with Gasteiger partial charge in [-0.1, -0.05) is 49.2 Å². The van der Waals surface area contributed by atoms with E-state index in [1.165, 1.54) is 46.5 Å². The van der Waals surface area contributed by atoms with E-state index in [1.54, 1.807) is 0 Å². The predicted molar refractivity (Wildman–Crippen MR) is 131 cm³/mol. The molecular formula is C26H36N4. The molecule has 0 radical (unpaired) electrons. The van der Waals surface area contributed by atoms with Crippen molar-refractivity contribution in [3.05, 3.63) is 58.7 Å². The first-order valence-corrected chi connectivity index (χ1v) is 11.1. The van der Waals surface area contributed by atoms with E-state index in [2.05, 4.69) is 88.6 Å². The quantitative estimate of drug-likeness (QED) is 0.446. The fourth-order valence-electron chi connectivity index (χ4n) is 4.34. The van der Waals surface area contributed by atoms with Gasteiger partial charge in [-0.05, 0) is 76.6 Å². The van der Waals surface area contributed by atoms with Crippen molar-refractivity contribution in [2.45, 2.75) is 79.3 Å². The van der Waals surface area contributed by atoms with Gasteiger partial charge in [0.05, 0.1) is 23.8 Å². The summed E-state index contributed by atoms with van der Waals surface area (Å²) in [4.78, 5) is 10.1. The summed E-state index contributed by atoms with van der Waals surface area (Å²) in [7, 11) is 0. The first kappa shape index (κ1) is 22.1. The van der Waals surface area contributed by atoms with Crippen molar-refractivity contribution in [2.24, 2.45) is 9.98 Å². The molecule has 0 bridgehead atoms. The second-order valence-corrected chi connectivity index (χ2v) is 8.63. The molecule has 2 aromatic carbocycles. The summed E-state index contributed by atoms with van der Waals surface area (Å²) in [5.74, 6) is 1.94. The second kappa shape index (κ2) is 9.92. The molecule has 4 nitrogen and oxygen atoms in total. The monoisotopic (exact) mass is 404 g/mol. The van der Waals surface area contributed by atoms with Crippen LogP contribution in [0.2, 0.25) is 0 Å². The lowest BCUT2D eigenvalue weighted by Crippen LogP contribution is -2.30. The van der Waals surface area contributed by atoms with Gasteiger partial charge < -0.3 is 10.6 Å². The number of anilines is 2. The van der Waals surface area contributed by atoms with Gasteiger partial charge in [0.15, 0.2) is 0 Å². The Hall–Kier alpha value is -2.62. The first-order chi connectivity index (χ1) is 14.3. The van der Waals surface area contributed by atoms with Gasteiger partial charge in [-0.25, -0.2) is 0 Å². The maximum absolute atomic E-state index is 5.06. The van der Waals surface area contributed by atoms with Crippen LogP contribution < -0.4 is 10.6 Å². The van der Waals surface area contributed by atoms with Crippen LogP contribution in [0.15, 0.2) is 46.4 Å². The smallest absolute Gasteiger partial charge is 0.0980 e. The van der Waals surface area contributed by atoms with Crippen molar-refractivity contribution in [3.63, 3.8) is 0 Å². The minimum atomic E-state index is 0.227. The fraction of sp³-hybridized carbons (Fsp3) is 0.462. The molecule has 3 rings (SSSR count). The van der Waals surface area contributed by atoms with Gasteiger partial charge >= 0.3 is 0 Å². The summed E-state index contributed by atoms with van der Waals surface area (Å²) in [5.41, 5.74) is 7.32. The summed E-state index contributed by atoms with van der Waals surface area (Å²) in [6.07, 6.45) is 4.63. The number of rotatable bonds is 4. The van der Waals surface area contributed by atoms with Crippen LogP contribution in [0.25, 0.3) is 0 Å². The van der Waals surface area contributed by atoms with Crippen LogP contribution in [0.1, 0.15) is 61.8 Å². The average molecular weight is 405 g/mol. The molecule has 160 valence electrons. The van der Waals surface area contributed by atoms with Crippen LogP contribution in [-0.4, -0.2) is 23.8 Å². The van der Waals surface area contributed by atoms with E-state index < -0.39 is 0 Å². The van der Waals surface area contributed by atoms with Gasteiger partial charge in [0, 0.05) is 11.4 Å². The van der Waals surface area contributed by atoms with E-state index in [-0.39, 0.29) is 12.1 Å². The lowest BCUT2D eigenvalue weighted by atomic mass is 9.91. The third-order valence-corrected chi connectivity index (χ3v) is 5.99. The van der Waals surface area contributed by atoms with Gasteiger partial charge in [0.1, 0.15) is 0 Å². The number of para-hydroxylation sites is 2. The molecule has 0 spiro atoms. The highest BCUT2D eigenvalue weighted by Crippen LogP contribution is 2.26. The van der Waals surface area contributed by atoms with Gasteiger partial charge in [-0.3, -0.25) is 9.98 Å². The molecule has 1 aliphatic rings. The van der Waals surface area contributed by atoms with E-state index in [0.29, 0.717) is 0 Å². The fourth-order valence-corrected chi connectivity index (χ4v) is 4.34. The normalized spacial score (nSPS) is 20.2. The lowest BCUT2D eigenvalue weighted by Gasteiger charge is -2.27. The third kappa shape index (κ3) is 5.50. The standard InChI is InChI=1S/C26H36N4/c1-17-11-9-12-18(2)25(17)29-21(5)27-23-15-7-8-16-24(23)28-22(6)30-26-19(3)13-10-14-20(26)4/h9-14,23-24H,7-8,15-16H2,1-6H3,(H,27,29)(H,28,30)/t23-,24-/m1/s1. The summed E-state index contributed by atoms with van der Waals surface area (Å²) >= 11 is 0. The Morgan fingerprint density at radius 1 is 0.667 bits per heavy atom. The summed E-state index contributed by atoms with van der Waals surface area (Å²) in [5, 5.41) is 7.08. The molecule has 30 heavy (non-hydrogen) atoms. The summed E-state index contributed by atoms with van der Waals surface area (Å²) in [6, 6.07) is 13.2. The summed E-state index contributed by atoms with van der Waals surface area (Å²) < 4.78 is 0. The zero-order valence-corrected chi connectivity index (χ0v) is 19.3. The van der Waals surface area contributed by atoms with E-state index in [1.807, 2.05) is 0 Å². The molecule has 2 N–H and O–H groups in total. The molecule has 4 heteroatoms. The van der Waals surface area contributed by atoms with Crippen molar-refractivity contribution in [2.75, 3.05) is 10.6 Å². The van der Waals surface area contributed by atoms with E-state index in [0.717, 1.165) is 24.5 Å². The highest BCUT2D eigenvalue weighted by molar-refractivity contribution is 5.96. The molecule has 1 fully saturated rings. The van der Waals surface area contributed by atoms with Crippen LogP contribution in [0, 0.1) is 27.7 Å². The lowest BCUT2D eigenvalue weighted by molar-refractivity contribution is 0.388. The Morgan fingerprint density at radius 2 is 1.00 bits per heavy atom. The van der Waals surface area contributed by atoms with Gasteiger partial charge in [0.2, 0.25) is 0 Å². The maximum Gasteiger partial charge on any atom is 0.0980 e. The minimum Gasteiger partial charge on any atom is -0.344 e. The van der Waals surface area contributed by atoms with Gasteiger partial charge in [0.25, 0.3) is 0 Å². The van der Waals surface area contributed by atoms with E-state index in [4.69, 9.17) is 9.98 Å². The Labute approximate surface area is 181 Å². The Kier molecular flexibility index (Phi) is 7.30. The Morgan fingerprint density at radius 3 is 1.33 bits per heavy atom. The molecule has 0 aliphatic heterocycles. The SMILES string of the molecule is CC(=N[C@@H]1CCCC[C@H]1N=C(C)Nc1c(C)cccc1C)Nc1c(C)cccc1C. The van der Waals surface area contributed by atoms with Crippen LogP contribution in [0.5, 0.6) is 0 Å². The zero-order chi connectivity index (χ0) is 21.7. The molecule has 0 saturated heterocycles. The van der Waals surface area contributed by atoms with Crippen molar-refractivity contribution in [3.8, 4) is 0 Å². The molecule has 0 amide bonds. The molecule has 2 aromatic rings. The van der Waals surface area contributed by atoms with Crippen LogP contribution >= 0.6 is 0 Å². The summed E-state index contributed by atoms with van der Waals surface area (Å²) in [6.45, 7) is 12.7. The maximum atomic E-state index is 5.06. The largest absolute Gasteiger partial charge is 0.344 e. The molecule has 1 saturated carbocycles. The van der Waals surface area contributed by atoms with Crippen molar-refractivity contribution >= 4 is 23.0 Å². The number of hydrogen-bond acceptors (Lipinski definition) is 2. The molecule has 1 aliphatic carbocycles. The van der Waals surface area contributed by atoms with Crippen LogP contribution in [0.3, 0.4) is 0 Å². The van der Waals surface area contributed by atoms with Crippen molar-refractivity contribution in [1.29, 1.82) is 0 Å². The number of aryl methyl sites for hydroxylation is 4. The number of aliphatic imine (C=N–C) groups is 2. The highest BCUT2D eigenvalue weighted by atomic mass is 15.1. The number of hydrogen-bond donors (Lipinski definition) is 2. The highest BCUT2D eigenvalue weighted by Gasteiger charge is 2.24. The molecular weight excluding hydrogens is 368 g/mol. The predicted octanol–water partition coefficient (Wildman–Crippen LogP) is 6.59. The second-order valence-electron chi connectivity index (χ2n) is 8.63. The number of nitrogens with one attached hydrogen (secondary N) is 2. The molecule has 0 heterocycles. The number of benzene rings is 2. The van der Waals surface area contributed by atoms with Crippen LogP contribution in [-0.2, 0) is 0 Å². The van der Waals surface area contributed by atoms with Crippen molar-refractivity contribution in [1.82, 2.24) is 0 Å². The van der Waals surface area contributed by atoms with Crippen LogP contribution in [0.4, 0.5) is 11.4 Å². The van der Waals surface area contributed by atoms with Gasteiger partial charge in [-0.2, -0.15) is 0 Å².